The second kappa shape index (κ2) is 33.5. The summed E-state index contributed by atoms with van der Waals surface area (Å²) in [5, 5.41) is 71.8. The summed E-state index contributed by atoms with van der Waals surface area (Å²) in [6.45, 7) is 2.47. The van der Waals surface area contributed by atoms with Crippen molar-refractivity contribution in [2.75, 3.05) is 26.4 Å². The van der Waals surface area contributed by atoms with Crippen LogP contribution in [-0.2, 0) is 38.0 Å². The van der Waals surface area contributed by atoms with Crippen LogP contribution >= 0.6 is 0 Å². The van der Waals surface area contributed by atoms with Gasteiger partial charge in [0, 0.05) is 12.8 Å². The molecule has 0 aromatic heterocycles. The quantitative estimate of drug-likeness (QED) is 0.0261. The zero-order chi connectivity index (χ0) is 44.0. The zero-order valence-corrected chi connectivity index (χ0v) is 36.4. The van der Waals surface area contributed by atoms with Gasteiger partial charge in [-0.1, -0.05) is 109 Å². The number of carbonyl (C=O) groups excluding carboxylic acids is 2. The molecular formula is C45H80O15. The predicted molar refractivity (Wildman–Crippen MR) is 224 cm³/mol. The number of hydrogen-bond acceptors (Lipinski definition) is 15. The molecule has 350 valence electrons. The van der Waals surface area contributed by atoms with E-state index in [9.17, 15) is 45.3 Å². The summed E-state index contributed by atoms with van der Waals surface area (Å²) in [7, 11) is 0. The average molecular weight is 861 g/mol. The first kappa shape index (κ1) is 54.1. The van der Waals surface area contributed by atoms with E-state index in [1.54, 1.807) is 0 Å². The van der Waals surface area contributed by atoms with Gasteiger partial charge in [-0.2, -0.15) is 0 Å². The van der Waals surface area contributed by atoms with Gasteiger partial charge < -0.3 is 64.2 Å². The third kappa shape index (κ3) is 22.4. The number of allylic oxidation sites excluding steroid dienone is 4. The molecule has 15 heteroatoms. The smallest absolute Gasteiger partial charge is 0.306 e. The fraction of sp³-hybridized carbons (Fsp3) is 0.867. The Balaban J connectivity index is 1.86. The van der Waals surface area contributed by atoms with Gasteiger partial charge in [0.1, 0.15) is 55.4 Å². The molecule has 11 unspecified atom stereocenters. The molecule has 0 aromatic carbocycles. The molecule has 11 atom stereocenters. The Labute approximate surface area is 358 Å². The van der Waals surface area contributed by atoms with Crippen LogP contribution in [0.4, 0.5) is 0 Å². The summed E-state index contributed by atoms with van der Waals surface area (Å²) in [4.78, 5) is 25.6. The number of unbranched alkanes of at least 4 members (excludes halogenated alkanes) is 16. The largest absolute Gasteiger partial charge is 0.462 e. The summed E-state index contributed by atoms with van der Waals surface area (Å²) in [5.41, 5.74) is 0. The van der Waals surface area contributed by atoms with E-state index in [0.717, 1.165) is 83.5 Å². The molecule has 60 heavy (non-hydrogen) atoms. The highest BCUT2D eigenvalue weighted by molar-refractivity contribution is 5.70. The van der Waals surface area contributed by atoms with Crippen molar-refractivity contribution in [3.8, 4) is 0 Å². The summed E-state index contributed by atoms with van der Waals surface area (Å²) in [5.74, 6) is -0.948. The van der Waals surface area contributed by atoms with Gasteiger partial charge in [0.25, 0.3) is 0 Å². The van der Waals surface area contributed by atoms with E-state index in [-0.39, 0.29) is 26.1 Å². The number of carbonyl (C=O) groups is 2. The number of rotatable bonds is 34. The van der Waals surface area contributed by atoms with E-state index in [1.807, 2.05) is 0 Å². The Morgan fingerprint density at radius 3 is 1.53 bits per heavy atom. The van der Waals surface area contributed by atoms with Gasteiger partial charge in [-0.15, -0.1) is 0 Å². The van der Waals surface area contributed by atoms with Crippen molar-refractivity contribution in [2.24, 2.45) is 0 Å². The SMILES string of the molecule is CCC/C=C\CCCCCCCC(=O)OCC(COC1OC(COC2OC(CO)C(O)C(O)C2O)C(O)C(O)C1O)OC(=O)CCCCCCC/C=C\CCCCCCC. The first-order chi connectivity index (χ1) is 29.0. The fourth-order valence-corrected chi connectivity index (χ4v) is 7.04. The molecule has 2 saturated heterocycles. The molecule has 0 bridgehead atoms. The molecule has 0 spiro atoms. The maximum atomic E-state index is 12.9. The molecule has 2 fully saturated rings. The average Bonchev–Trinajstić information content (AvgIpc) is 3.24. The minimum Gasteiger partial charge on any atom is -0.462 e. The number of hydrogen-bond donors (Lipinski definition) is 7. The van der Waals surface area contributed by atoms with Crippen molar-refractivity contribution in [1.82, 2.24) is 0 Å². The number of ether oxygens (including phenoxy) is 6. The van der Waals surface area contributed by atoms with E-state index in [2.05, 4.69) is 38.2 Å². The molecule has 2 aliphatic heterocycles. The van der Waals surface area contributed by atoms with Gasteiger partial charge >= 0.3 is 11.9 Å². The standard InChI is InChI=1S/C45H80O15/c1-3-5-7-9-11-13-15-16-17-18-20-22-24-26-28-37(48)58-33(30-55-36(47)27-25-23-21-19-14-12-10-8-6-4-2)31-56-44-43(54)41(52)39(50)35(60-44)32-57-45-42(53)40(51)38(49)34(29-46)59-45/h8,10,15-16,33-35,38-46,49-54H,3-7,9,11-14,17-32H2,1-2H3/b10-8-,16-15-. The van der Waals surface area contributed by atoms with Crippen molar-refractivity contribution in [3.05, 3.63) is 24.3 Å². The van der Waals surface area contributed by atoms with E-state index < -0.39 is 92.7 Å². The molecule has 2 heterocycles. The van der Waals surface area contributed by atoms with Gasteiger partial charge in [0.2, 0.25) is 0 Å². The van der Waals surface area contributed by atoms with E-state index in [4.69, 9.17) is 28.4 Å². The minimum absolute atomic E-state index is 0.154. The van der Waals surface area contributed by atoms with Crippen molar-refractivity contribution in [1.29, 1.82) is 0 Å². The normalized spacial score (nSPS) is 27.8. The van der Waals surface area contributed by atoms with Crippen LogP contribution in [0.5, 0.6) is 0 Å². The molecular weight excluding hydrogens is 780 g/mol. The molecule has 0 aromatic rings. The van der Waals surface area contributed by atoms with E-state index in [0.29, 0.717) is 12.8 Å². The summed E-state index contributed by atoms with van der Waals surface area (Å²) >= 11 is 0. The van der Waals surface area contributed by atoms with Crippen LogP contribution in [0.1, 0.15) is 155 Å². The fourth-order valence-electron chi connectivity index (χ4n) is 7.04. The van der Waals surface area contributed by atoms with Crippen LogP contribution in [-0.4, -0.2) is 142 Å². The van der Waals surface area contributed by atoms with Crippen LogP contribution in [0.2, 0.25) is 0 Å². The maximum Gasteiger partial charge on any atom is 0.306 e. The minimum atomic E-state index is -1.76. The van der Waals surface area contributed by atoms with Gasteiger partial charge in [-0.05, 0) is 57.8 Å². The van der Waals surface area contributed by atoms with Gasteiger partial charge in [0.15, 0.2) is 18.7 Å². The lowest BCUT2D eigenvalue weighted by molar-refractivity contribution is -0.332. The number of esters is 2. The van der Waals surface area contributed by atoms with Crippen LogP contribution in [0.15, 0.2) is 24.3 Å². The van der Waals surface area contributed by atoms with E-state index >= 15 is 0 Å². The van der Waals surface area contributed by atoms with E-state index in [1.165, 1.54) is 32.1 Å². The number of aliphatic hydroxyl groups excluding tert-OH is 7. The zero-order valence-electron chi connectivity index (χ0n) is 36.4. The first-order valence-electron chi connectivity index (χ1n) is 22.9. The highest BCUT2D eigenvalue weighted by Crippen LogP contribution is 2.26. The van der Waals surface area contributed by atoms with Gasteiger partial charge in [-0.25, -0.2) is 0 Å². The maximum absolute atomic E-state index is 12.9. The van der Waals surface area contributed by atoms with Crippen molar-refractivity contribution < 1.29 is 73.8 Å². The lowest BCUT2D eigenvalue weighted by Gasteiger charge is -2.42. The predicted octanol–water partition coefficient (Wildman–Crippen LogP) is 4.82. The molecule has 7 N–H and O–H groups in total. The third-order valence-corrected chi connectivity index (χ3v) is 10.9. The lowest BCUT2D eigenvalue weighted by atomic mass is 9.98. The summed E-state index contributed by atoms with van der Waals surface area (Å²) in [6.07, 6.45) is 13.7. The van der Waals surface area contributed by atoms with Gasteiger partial charge in [0.05, 0.1) is 19.8 Å². The lowest BCUT2D eigenvalue weighted by Crippen LogP contribution is -2.61. The second-order valence-corrected chi connectivity index (χ2v) is 16.2. The van der Waals surface area contributed by atoms with Crippen molar-refractivity contribution in [3.63, 3.8) is 0 Å². The van der Waals surface area contributed by atoms with Crippen LogP contribution in [0.25, 0.3) is 0 Å². The Hall–Kier alpha value is -2.02. The Morgan fingerprint density at radius 1 is 0.517 bits per heavy atom. The molecule has 0 aliphatic carbocycles. The Bertz CT molecular complexity index is 1150. The Kier molecular flexibility index (Phi) is 30.2. The number of aliphatic hydroxyl groups is 7. The highest BCUT2D eigenvalue weighted by Gasteiger charge is 2.47. The first-order valence-corrected chi connectivity index (χ1v) is 22.9. The second-order valence-electron chi connectivity index (χ2n) is 16.2. The third-order valence-electron chi connectivity index (χ3n) is 10.9. The molecule has 0 radical (unpaired) electrons. The van der Waals surface area contributed by atoms with Crippen LogP contribution < -0.4 is 0 Å². The topological polar surface area (TPSA) is 231 Å². The molecule has 0 amide bonds. The highest BCUT2D eigenvalue weighted by atomic mass is 16.7. The molecule has 2 aliphatic rings. The Morgan fingerprint density at radius 2 is 0.983 bits per heavy atom. The molecule has 0 saturated carbocycles. The monoisotopic (exact) mass is 861 g/mol. The molecule has 2 rings (SSSR count). The summed E-state index contributed by atoms with van der Waals surface area (Å²) < 4.78 is 33.4. The van der Waals surface area contributed by atoms with Crippen LogP contribution in [0.3, 0.4) is 0 Å². The van der Waals surface area contributed by atoms with Crippen LogP contribution in [0, 0.1) is 0 Å². The molecule has 15 nitrogen and oxygen atoms in total. The summed E-state index contributed by atoms with van der Waals surface area (Å²) in [6, 6.07) is 0. The van der Waals surface area contributed by atoms with Crippen molar-refractivity contribution in [2.45, 2.75) is 223 Å². The van der Waals surface area contributed by atoms with Crippen molar-refractivity contribution >= 4 is 11.9 Å². The van der Waals surface area contributed by atoms with Gasteiger partial charge in [-0.3, -0.25) is 9.59 Å².